The molecule has 0 aromatic carbocycles. The summed E-state index contributed by atoms with van der Waals surface area (Å²) in [7, 11) is 0. The number of carbonyl (C=O) groups is 1. The van der Waals surface area contributed by atoms with Crippen LogP contribution < -0.4 is 0 Å². The Balaban J connectivity index is 1.88. The number of hydrogen-bond donors (Lipinski definition) is 1. The van der Waals surface area contributed by atoms with Crippen LogP contribution in [0.5, 0.6) is 0 Å². The molecular formula is C15H22N2O2S. The normalized spacial score (nSPS) is 32.0. The van der Waals surface area contributed by atoms with E-state index in [1.807, 2.05) is 6.92 Å². The molecule has 1 aliphatic heterocycles. The molecule has 4 unspecified atom stereocenters. The third-order valence-electron chi connectivity index (χ3n) is 4.93. The maximum atomic E-state index is 11.6. The lowest BCUT2D eigenvalue weighted by Gasteiger charge is -2.36. The van der Waals surface area contributed by atoms with Crippen molar-refractivity contribution in [2.75, 3.05) is 0 Å². The lowest BCUT2D eigenvalue weighted by Crippen LogP contribution is -2.43. The van der Waals surface area contributed by atoms with E-state index in [-0.39, 0.29) is 12.1 Å². The Morgan fingerprint density at radius 2 is 2.25 bits per heavy atom. The topological polar surface area (TPSA) is 53.4 Å². The Labute approximate surface area is 123 Å². The fraction of sp³-hybridized carbons (Fsp3) is 0.733. The smallest absolute Gasteiger partial charge is 0.320 e. The summed E-state index contributed by atoms with van der Waals surface area (Å²) in [5, 5.41) is 12.7. The molecule has 1 aliphatic carbocycles. The summed E-state index contributed by atoms with van der Waals surface area (Å²) < 4.78 is 0. The largest absolute Gasteiger partial charge is 0.480 e. The van der Waals surface area contributed by atoms with Crippen LogP contribution in [-0.2, 0) is 4.79 Å². The standard InChI is InChI=1S/C15H22N2O2S/c1-9(12-8-20-10(2)16-12)17-13-6-4-3-5-11(13)7-14(17)15(18)19/h8-9,11,13-14H,3-7H2,1-2H3,(H,18,19). The summed E-state index contributed by atoms with van der Waals surface area (Å²) in [5.74, 6) is -0.106. The highest BCUT2D eigenvalue weighted by molar-refractivity contribution is 7.09. The highest BCUT2D eigenvalue weighted by Gasteiger charge is 2.47. The van der Waals surface area contributed by atoms with Crippen molar-refractivity contribution in [3.63, 3.8) is 0 Å². The van der Waals surface area contributed by atoms with Gasteiger partial charge in [0.1, 0.15) is 6.04 Å². The average Bonchev–Trinajstić information content (AvgIpc) is 3.01. The number of aryl methyl sites for hydroxylation is 1. The Bertz CT molecular complexity index is 502. The molecule has 20 heavy (non-hydrogen) atoms. The van der Waals surface area contributed by atoms with Crippen LogP contribution in [-0.4, -0.2) is 33.0 Å². The van der Waals surface area contributed by atoms with Crippen LogP contribution >= 0.6 is 11.3 Å². The molecule has 4 atom stereocenters. The molecule has 3 rings (SSSR count). The first-order valence-corrected chi connectivity index (χ1v) is 8.38. The highest BCUT2D eigenvalue weighted by Crippen LogP contribution is 2.44. The number of likely N-dealkylation sites (tertiary alicyclic amines) is 1. The van der Waals surface area contributed by atoms with E-state index in [1.165, 1.54) is 19.3 Å². The molecule has 0 bridgehead atoms. The first-order chi connectivity index (χ1) is 9.58. The van der Waals surface area contributed by atoms with E-state index in [4.69, 9.17) is 0 Å². The fourth-order valence-corrected chi connectivity index (χ4v) is 4.70. The van der Waals surface area contributed by atoms with Crippen molar-refractivity contribution in [1.29, 1.82) is 0 Å². The number of aromatic nitrogens is 1. The van der Waals surface area contributed by atoms with Gasteiger partial charge in [0, 0.05) is 11.4 Å². The van der Waals surface area contributed by atoms with E-state index in [2.05, 4.69) is 22.2 Å². The van der Waals surface area contributed by atoms with Crippen molar-refractivity contribution in [2.45, 2.75) is 64.1 Å². The zero-order valence-corrected chi connectivity index (χ0v) is 12.9. The van der Waals surface area contributed by atoms with Gasteiger partial charge >= 0.3 is 5.97 Å². The number of nitrogens with zero attached hydrogens (tertiary/aromatic N) is 2. The van der Waals surface area contributed by atoms with E-state index in [9.17, 15) is 9.90 Å². The molecule has 0 radical (unpaired) electrons. The maximum absolute atomic E-state index is 11.6. The first kappa shape index (κ1) is 14.0. The van der Waals surface area contributed by atoms with Gasteiger partial charge in [-0.3, -0.25) is 9.69 Å². The lowest BCUT2D eigenvalue weighted by atomic mass is 9.84. The third kappa shape index (κ3) is 2.37. The molecule has 4 nitrogen and oxygen atoms in total. The molecule has 1 saturated carbocycles. The van der Waals surface area contributed by atoms with Crippen LogP contribution in [0.3, 0.4) is 0 Å². The Morgan fingerprint density at radius 3 is 2.90 bits per heavy atom. The number of thiazole rings is 1. The van der Waals surface area contributed by atoms with Crippen molar-refractivity contribution in [2.24, 2.45) is 5.92 Å². The molecule has 1 aromatic rings. The number of carboxylic acid groups (broad SMARTS) is 1. The molecule has 1 N–H and O–H groups in total. The monoisotopic (exact) mass is 294 g/mol. The van der Waals surface area contributed by atoms with E-state index < -0.39 is 5.97 Å². The predicted molar refractivity (Wildman–Crippen MR) is 78.9 cm³/mol. The van der Waals surface area contributed by atoms with Crippen molar-refractivity contribution >= 4 is 17.3 Å². The zero-order chi connectivity index (χ0) is 14.3. The summed E-state index contributed by atoms with van der Waals surface area (Å²) in [5.41, 5.74) is 1.03. The molecule has 2 aliphatic rings. The number of carboxylic acids is 1. The average molecular weight is 294 g/mol. The fourth-order valence-electron chi connectivity index (χ4n) is 4.01. The van der Waals surface area contributed by atoms with Gasteiger partial charge in [-0.1, -0.05) is 12.8 Å². The molecular weight excluding hydrogens is 272 g/mol. The minimum absolute atomic E-state index is 0.106. The minimum atomic E-state index is -0.668. The van der Waals surface area contributed by atoms with Gasteiger partial charge in [0.15, 0.2) is 0 Å². The summed E-state index contributed by atoms with van der Waals surface area (Å²) >= 11 is 1.65. The maximum Gasteiger partial charge on any atom is 0.320 e. The van der Waals surface area contributed by atoms with Crippen LogP contribution in [0, 0.1) is 12.8 Å². The number of rotatable bonds is 3. The van der Waals surface area contributed by atoms with Crippen molar-refractivity contribution in [3.05, 3.63) is 16.1 Å². The van der Waals surface area contributed by atoms with Crippen LogP contribution in [0.15, 0.2) is 5.38 Å². The van der Waals surface area contributed by atoms with Gasteiger partial charge in [-0.25, -0.2) is 4.98 Å². The SMILES string of the molecule is Cc1nc(C(C)N2C(C(=O)O)CC3CCCCC32)cs1. The predicted octanol–water partition coefficient (Wildman–Crippen LogP) is 3.23. The quantitative estimate of drug-likeness (QED) is 0.930. The van der Waals surface area contributed by atoms with Gasteiger partial charge in [0.2, 0.25) is 0 Å². The Kier molecular flexibility index (Phi) is 3.82. The highest BCUT2D eigenvalue weighted by atomic mass is 32.1. The second-order valence-electron chi connectivity index (χ2n) is 6.12. The molecule has 0 amide bonds. The molecule has 1 saturated heterocycles. The van der Waals surface area contributed by atoms with Crippen LogP contribution in [0.25, 0.3) is 0 Å². The molecule has 2 heterocycles. The summed E-state index contributed by atoms with van der Waals surface area (Å²) in [6, 6.07) is 0.205. The Morgan fingerprint density at radius 1 is 1.50 bits per heavy atom. The van der Waals surface area contributed by atoms with E-state index in [0.717, 1.165) is 23.5 Å². The molecule has 2 fully saturated rings. The second kappa shape index (κ2) is 5.45. The van der Waals surface area contributed by atoms with E-state index in [0.29, 0.717) is 12.0 Å². The Hall–Kier alpha value is -0.940. The molecule has 1 aromatic heterocycles. The molecule has 110 valence electrons. The lowest BCUT2D eigenvalue weighted by molar-refractivity contribution is -0.143. The van der Waals surface area contributed by atoms with E-state index in [1.54, 1.807) is 11.3 Å². The third-order valence-corrected chi connectivity index (χ3v) is 5.73. The van der Waals surface area contributed by atoms with Gasteiger partial charge in [0.25, 0.3) is 0 Å². The molecule has 0 spiro atoms. The summed E-state index contributed by atoms with van der Waals surface area (Å²) in [4.78, 5) is 18.4. The first-order valence-electron chi connectivity index (χ1n) is 7.50. The van der Waals surface area contributed by atoms with Crippen LogP contribution in [0.2, 0.25) is 0 Å². The van der Waals surface area contributed by atoms with E-state index >= 15 is 0 Å². The molecule has 5 heteroatoms. The number of hydrogen-bond acceptors (Lipinski definition) is 4. The van der Waals surface area contributed by atoms with Gasteiger partial charge in [0.05, 0.1) is 16.7 Å². The van der Waals surface area contributed by atoms with Crippen molar-refractivity contribution in [3.8, 4) is 0 Å². The second-order valence-corrected chi connectivity index (χ2v) is 7.18. The van der Waals surface area contributed by atoms with Crippen LogP contribution in [0.1, 0.15) is 55.8 Å². The van der Waals surface area contributed by atoms with Gasteiger partial charge < -0.3 is 5.11 Å². The van der Waals surface area contributed by atoms with Crippen molar-refractivity contribution in [1.82, 2.24) is 9.88 Å². The van der Waals surface area contributed by atoms with Crippen molar-refractivity contribution < 1.29 is 9.90 Å². The van der Waals surface area contributed by atoms with Crippen LogP contribution in [0.4, 0.5) is 0 Å². The summed E-state index contributed by atoms with van der Waals surface area (Å²) in [6.45, 7) is 4.12. The zero-order valence-electron chi connectivity index (χ0n) is 12.1. The number of aliphatic carboxylic acids is 1. The van der Waals surface area contributed by atoms with Gasteiger partial charge in [-0.05, 0) is 39.0 Å². The van der Waals surface area contributed by atoms with Gasteiger partial charge in [-0.2, -0.15) is 0 Å². The number of fused-ring (bicyclic) bond motifs is 1. The minimum Gasteiger partial charge on any atom is -0.480 e. The summed E-state index contributed by atoms with van der Waals surface area (Å²) in [6.07, 6.45) is 5.63. The van der Waals surface area contributed by atoms with Gasteiger partial charge in [-0.15, -0.1) is 11.3 Å².